The van der Waals surface area contributed by atoms with Gasteiger partial charge >= 0.3 is 0 Å². The molecule has 0 saturated heterocycles. The maximum absolute atomic E-state index is 10.1. The van der Waals surface area contributed by atoms with E-state index in [1.807, 2.05) is 61.5 Å². The van der Waals surface area contributed by atoms with Crippen LogP contribution in [0, 0.1) is 0 Å². The van der Waals surface area contributed by atoms with E-state index in [-0.39, 0.29) is 19.0 Å². The maximum atomic E-state index is 10.1. The van der Waals surface area contributed by atoms with Crippen LogP contribution in [0.5, 0.6) is 11.5 Å². The standard InChI is InChI=1S/C18H22ClNO3.ClH/c1-20(2)11-12-22-13-17(21)14-7-9-15(10-8-14)23-18-6-4-3-5-16(18)19;/h3-10,17,21H,11-13H2,1-2H3;1H. The first-order chi connectivity index (χ1) is 11.1. The van der Waals surface area contributed by atoms with Crippen LogP contribution < -0.4 is 4.74 Å². The van der Waals surface area contributed by atoms with Gasteiger partial charge in [0.1, 0.15) is 17.6 Å². The summed E-state index contributed by atoms with van der Waals surface area (Å²) >= 11 is 6.06. The molecule has 0 heterocycles. The number of hydrogen-bond donors (Lipinski definition) is 1. The molecule has 4 nitrogen and oxygen atoms in total. The molecule has 0 aliphatic carbocycles. The molecule has 0 radical (unpaired) electrons. The molecule has 6 heteroatoms. The second-order valence-corrected chi connectivity index (χ2v) is 5.90. The van der Waals surface area contributed by atoms with Gasteiger partial charge in [-0.1, -0.05) is 35.9 Å². The van der Waals surface area contributed by atoms with Crippen molar-refractivity contribution in [3.05, 3.63) is 59.1 Å². The third-order valence-electron chi connectivity index (χ3n) is 3.29. The summed E-state index contributed by atoms with van der Waals surface area (Å²) in [5.41, 5.74) is 0.793. The number of likely N-dealkylation sites (N-methyl/N-ethyl adjacent to an activating group) is 1. The van der Waals surface area contributed by atoms with Crippen LogP contribution in [0.25, 0.3) is 0 Å². The predicted molar refractivity (Wildman–Crippen MR) is 99.5 cm³/mol. The van der Waals surface area contributed by atoms with Gasteiger partial charge in [-0.25, -0.2) is 0 Å². The van der Waals surface area contributed by atoms with Crippen LogP contribution in [0.1, 0.15) is 11.7 Å². The van der Waals surface area contributed by atoms with Crippen molar-refractivity contribution in [1.82, 2.24) is 4.90 Å². The Kier molecular flexibility index (Phi) is 9.11. The molecule has 1 atom stereocenters. The summed E-state index contributed by atoms with van der Waals surface area (Å²) in [6.45, 7) is 1.70. The zero-order chi connectivity index (χ0) is 16.7. The number of aliphatic hydroxyl groups excluding tert-OH is 1. The molecule has 1 N–H and O–H groups in total. The first-order valence-corrected chi connectivity index (χ1v) is 7.87. The molecule has 2 aromatic carbocycles. The van der Waals surface area contributed by atoms with Crippen molar-refractivity contribution in [1.29, 1.82) is 0 Å². The summed E-state index contributed by atoms with van der Waals surface area (Å²) in [5, 5.41) is 10.7. The lowest BCUT2D eigenvalue weighted by molar-refractivity contribution is 0.0306. The van der Waals surface area contributed by atoms with Gasteiger partial charge in [-0.15, -0.1) is 12.4 Å². The van der Waals surface area contributed by atoms with E-state index in [1.165, 1.54) is 0 Å². The third-order valence-corrected chi connectivity index (χ3v) is 3.60. The minimum absolute atomic E-state index is 0. The molecule has 0 fully saturated rings. The summed E-state index contributed by atoms with van der Waals surface area (Å²) in [6.07, 6.45) is -0.647. The number of para-hydroxylation sites is 1. The fourth-order valence-electron chi connectivity index (χ4n) is 1.95. The fraction of sp³-hybridized carbons (Fsp3) is 0.333. The Morgan fingerprint density at radius 1 is 1.08 bits per heavy atom. The molecule has 0 bridgehead atoms. The van der Waals surface area contributed by atoms with Crippen molar-refractivity contribution in [3.8, 4) is 11.5 Å². The molecule has 2 aromatic rings. The Balaban J connectivity index is 0.00000288. The van der Waals surface area contributed by atoms with E-state index in [4.69, 9.17) is 21.1 Å². The molecule has 0 saturated carbocycles. The molecule has 24 heavy (non-hydrogen) atoms. The third kappa shape index (κ3) is 6.67. The normalized spacial score (nSPS) is 11.9. The lowest BCUT2D eigenvalue weighted by atomic mass is 10.1. The van der Waals surface area contributed by atoms with Gasteiger partial charge in [0.05, 0.1) is 18.2 Å². The van der Waals surface area contributed by atoms with E-state index in [9.17, 15) is 5.11 Å². The van der Waals surface area contributed by atoms with Crippen LogP contribution in [0.3, 0.4) is 0 Å². The average Bonchev–Trinajstić information content (AvgIpc) is 2.54. The van der Waals surface area contributed by atoms with Gasteiger partial charge in [0.2, 0.25) is 0 Å². The van der Waals surface area contributed by atoms with E-state index < -0.39 is 6.10 Å². The van der Waals surface area contributed by atoms with E-state index >= 15 is 0 Å². The Labute approximate surface area is 154 Å². The van der Waals surface area contributed by atoms with E-state index in [0.29, 0.717) is 23.1 Å². The Bertz CT molecular complexity index is 605. The van der Waals surface area contributed by atoms with Crippen LogP contribution in [-0.4, -0.2) is 43.9 Å². The maximum Gasteiger partial charge on any atom is 0.146 e. The number of rotatable bonds is 8. The van der Waals surface area contributed by atoms with E-state index in [0.717, 1.165) is 12.1 Å². The summed E-state index contributed by atoms with van der Waals surface area (Å²) in [6, 6.07) is 14.6. The number of ether oxygens (including phenoxy) is 2. The molecular formula is C18H23Cl2NO3. The zero-order valence-electron chi connectivity index (χ0n) is 13.8. The molecule has 1 unspecified atom stereocenters. The number of aliphatic hydroxyl groups is 1. The van der Waals surface area contributed by atoms with Crippen LogP contribution in [-0.2, 0) is 4.74 Å². The first kappa shape index (κ1) is 20.7. The summed E-state index contributed by atoms with van der Waals surface area (Å²) in [7, 11) is 3.97. The highest BCUT2D eigenvalue weighted by atomic mass is 35.5. The van der Waals surface area contributed by atoms with Crippen LogP contribution in [0.15, 0.2) is 48.5 Å². The van der Waals surface area contributed by atoms with Gasteiger partial charge in [0.15, 0.2) is 0 Å². The van der Waals surface area contributed by atoms with Gasteiger partial charge < -0.3 is 19.5 Å². The van der Waals surface area contributed by atoms with Crippen molar-refractivity contribution in [2.45, 2.75) is 6.10 Å². The molecular weight excluding hydrogens is 349 g/mol. The van der Waals surface area contributed by atoms with Crippen LogP contribution >= 0.6 is 24.0 Å². The molecule has 0 spiro atoms. The topological polar surface area (TPSA) is 41.9 Å². The quantitative estimate of drug-likeness (QED) is 0.707. The molecule has 0 aliphatic rings. The Morgan fingerprint density at radius 2 is 1.75 bits per heavy atom. The van der Waals surface area contributed by atoms with Crippen LogP contribution in [0.4, 0.5) is 0 Å². The summed E-state index contributed by atoms with van der Waals surface area (Å²) in [5.74, 6) is 1.28. The number of benzene rings is 2. The first-order valence-electron chi connectivity index (χ1n) is 7.49. The smallest absolute Gasteiger partial charge is 0.146 e. The lowest BCUT2D eigenvalue weighted by Crippen LogP contribution is -2.19. The van der Waals surface area contributed by atoms with E-state index in [1.54, 1.807) is 6.07 Å². The lowest BCUT2D eigenvalue weighted by Gasteiger charge is -2.14. The zero-order valence-corrected chi connectivity index (χ0v) is 15.4. The molecule has 2 rings (SSSR count). The Morgan fingerprint density at radius 3 is 2.38 bits per heavy atom. The highest BCUT2D eigenvalue weighted by molar-refractivity contribution is 6.32. The van der Waals surface area contributed by atoms with Gasteiger partial charge in [-0.2, -0.15) is 0 Å². The molecule has 0 aliphatic heterocycles. The second-order valence-electron chi connectivity index (χ2n) is 5.50. The second kappa shape index (κ2) is 10.5. The van der Waals surface area contributed by atoms with Crippen molar-refractivity contribution < 1.29 is 14.6 Å². The Hall–Kier alpha value is -1.30. The van der Waals surface area contributed by atoms with Crippen molar-refractivity contribution >= 4 is 24.0 Å². The minimum atomic E-state index is -0.647. The molecule has 0 amide bonds. The largest absolute Gasteiger partial charge is 0.456 e. The number of hydrogen-bond acceptors (Lipinski definition) is 4. The fourth-order valence-corrected chi connectivity index (χ4v) is 2.13. The van der Waals surface area contributed by atoms with Gasteiger partial charge in [0, 0.05) is 6.54 Å². The monoisotopic (exact) mass is 371 g/mol. The SMILES string of the molecule is CN(C)CCOCC(O)c1ccc(Oc2ccccc2Cl)cc1.Cl. The van der Waals surface area contributed by atoms with E-state index in [2.05, 4.69) is 0 Å². The van der Waals surface area contributed by atoms with Crippen LogP contribution in [0.2, 0.25) is 5.02 Å². The van der Waals surface area contributed by atoms with Gasteiger partial charge in [-0.3, -0.25) is 0 Å². The highest BCUT2D eigenvalue weighted by Gasteiger charge is 2.09. The predicted octanol–water partition coefficient (Wildman–Crippen LogP) is 4.17. The highest BCUT2D eigenvalue weighted by Crippen LogP contribution is 2.29. The number of halogens is 2. The van der Waals surface area contributed by atoms with Gasteiger partial charge in [0.25, 0.3) is 0 Å². The van der Waals surface area contributed by atoms with Crippen molar-refractivity contribution in [2.24, 2.45) is 0 Å². The summed E-state index contributed by atoms with van der Waals surface area (Å²) < 4.78 is 11.2. The summed E-state index contributed by atoms with van der Waals surface area (Å²) in [4.78, 5) is 2.03. The molecule has 0 aromatic heterocycles. The van der Waals surface area contributed by atoms with Crippen molar-refractivity contribution in [2.75, 3.05) is 33.9 Å². The minimum Gasteiger partial charge on any atom is -0.456 e. The number of nitrogens with zero attached hydrogens (tertiary/aromatic N) is 1. The molecule has 132 valence electrons. The van der Waals surface area contributed by atoms with Gasteiger partial charge in [-0.05, 0) is 43.9 Å². The van der Waals surface area contributed by atoms with Crippen molar-refractivity contribution in [3.63, 3.8) is 0 Å². The average molecular weight is 372 g/mol.